The minimum Gasteiger partial charge on any atom is -0.333 e. The van der Waals surface area contributed by atoms with Gasteiger partial charge in [-0.15, -0.1) is 0 Å². The second-order valence-corrected chi connectivity index (χ2v) is 8.08. The van der Waals surface area contributed by atoms with Crippen molar-refractivity contribution in [1.29, 1.82) is 0 Å². The number of carbonyl (C=O) groups is 2. The van der Waals surface area contributed by atoms with Crippen LogP contribution in [0.5, 0.6) is 0 Å². The Bertz CT molecular complexity index is 1080. The lowest BCUT2D eigenvalue weighted by Gasteiger charge is -2.48. The number of rotatable bonds is 4. The largest absolute Gasteiger partial charge is 0.333 e. The van der Waals surface area contributed by atoms with Crippen LogP contribution in [0.25, 0.3) is 10.8 Å². The standard InChI is InChI=1S/C25H25N3O2/c29-24-13-14-26-23-17-27(16-20-11-6-10-19-9-4-5-12-21(19)20)25(30)22(28(23)24)15-18-7-2-1-3-8-18/h1-12,22-23,26H,13-17H2/t22-,23?/m0/s1. The van der Waals surface area contributed by atoms with E-state index in [9.17, 15) is 9.59 Å². The minimum atomic E-state index is -0.471. The van der Waals surface area contributed by atoms with E-state index in [-0.39, 0.29) is 18.0 Å². The molecule has 5 nitrogen and oxygen atoms in total. The molecular weight excluding hydrogens is 374 g/mol. The molecule has 0 aromatic heterocycles. The highest BCUT2D eigenvalue weighted by atomic mass is 16.2. The van der Waals surface area contributed by atoms with Crippen LogP contribution in [0.2, 0.25) is 0 Å². The Morgan fingerprint density at radius 3 is 2.53 bits per heavy atom. The summed E-state index contributed by atoms with van der Waals surface area (Å²) < 4.78 is 0. The SMILES string of the molecule is O=C1[C@H](Cc2ccccc2)N2C(=O)CCNC2CN1Cc1cccc2ccccc12. The fourth-order valence-electron chi connectivity index (χ4n) is 4.72. The zero-order chi connectivity index (χ0) is 20.5. The van der Waals surface area contributed by atoms with Crippen molar-refractivity contribution < 1.29 is 9.59 Å². The van der Waals surface area contributed by atoms with Crippen molar-refractivity contribution >= 4 is 22.6 Å². The Balaban J connectivity index is 1.47. The van der Waals surface area contributed by atoms with Crippen LogP contribution in [0.3, 0.4) is 0 Å². The highest BCUT2D eigenvalue weighted by Gasteiger charge is 2.44. The van der Waals surface area contributed by atoms with Gasteiger partial charge in [-0.2, -0.15) is 0 Å². The third-order valence-corrected chi connectivity index (χ3v) is 6.18. The van der Waals surface area contributed by atoms with E-state index in [0.717, 1.165) is 11.1 Å². The molecule has 2 saturated heterocycles. The van der Waals surface area contributed by atoms with Gasteiger partial charge < -0.3 is 9.80 Å². The van der Waals surface area contributed by atoms with Crippen LogP contribution in [-0.4, -0.2) is 46.9 Å². The van der Waals surface area contributed by atoms with Crippen molar-refractivity contribution in [2.45, 2.75) is 31.6 Å². The Hall–Kier alpha value is -3.18. The average molecular weight is 399 g/mol. The molecule has 5 heteroatoms. The first-order valence-electron chi connectivity index (χ1n) is 10.5. The maximum atomic E-state index is 13.6. The van der Waals surface area contributed by atoms with Crippen molar-refractivity contribution in [1.82, 2.24) is 15.1 Å². The molecule has 3 aromatic rings. The number of nitrogens with zero attached hydrogens (tertiary/aromatic N) is 2. The lowest BCUT2D eigenvalue weighted by Crippen LogP contribution is -2.70. The third-order valence-electron chi connectivity index (χ3n) is 6.18. The molecule has 3 aromatic carbocycles. The number of nitrogens with one attached hydrogen (secondary N) is 1. The molecule has 2 aliphatic rings. The molecule has 2 atom stereocenters. The van der Waals surface area contributed by atoms with Crippen LogP contribution in [0.1, 0.15) is 17.5 Å². The van der Waals surface area contributed by atoms with Gasteiger partial charge in [0.25, 0.3) is 0 Å². The molecule has 0 radical (unpaired) electrons. The Morgan fingerprint density at radius 2 is 1.67 bits per heavy atom. The van der Waals surface area contributed by atoms with Crippen molar-refractivity contribution in [3.63, 3.8) is 0 Å². The lowest BCUT2D eigenvalue weighted by atomic mass is 9.97. The number of piperazine rings is 1. The van der Waals surface area contributed by atoms with Crippen LogP contribution >= 0.6 is 0 Å². The zero-order valence-corrected chi connectivity index (χ0v) is 16.8. The van der Waals surface area contributed by atoms with E-state index in [1.54, 1.807) is 4.90 Å². The summed E-state index contributed by atoms with van der Waals surface area (Å²) in [6.45, 7) is 1.72. The first-order chi connectivity index (χ1) is 14.7. The molecule has 1 unspecified atom stereocenters. The van der Waals surface area contributed by atoms with Gasteiger partial charge in [-0.05, 0) is 21.9 Å². The number of fused-ring (bicyclic) bond motifs is 2. The summed E-state index contributed by atoms with van der Waals surface area (Å²) >= 11 is 0. The zero-order valence-electron chi connectivity index (χ0n) is 16.8. The van der Waals surface area contributed by atoms with Crippen molar-refractivity contribution in [2.75, 3.05) is 13.1 Å². The first kappa shape index (κ1) is 18.8. The fourth-order valence-corrected chi connectivity index (χ4v) is 4.72. The third kappa shape index (κ3) is 3.46. The van der Waals surface area contributed by atoms with Gasteiger partial charge in [0.1, 0.15) is 12.2 Å². The van der Waals surface area contributed by atoms with Gasteiger partial charge in [0.2, 0.25) is 11.8 Å². The van der Waals surface area contributed by atoms with Crippen molar-refractivity contribution in [2.24, 2.45) is 0 Å². The van der Waals surface area contributed by atoms with Gasteiger partial charge >= 0.3 is 0 Å². The Morgan fingerprint density at radius 1 is 0.900 bits per heavy atom. The van der Waals surface area contributed by atoms with Crippen LogP contribution in [-0.2, 0) is 22.6 Å². The van der Waals surface area contributed by atoms with Gasteiger partial charge in [0.05, 0.1) is 6.54 Å². The van der Waals surface area contributed by atoms with E-state index < -0.39 is 6.04 Å². The summed E-state index contributed by atoms with van der Waals surface area (Å²) in [5.41, 5.74) is 2.20. The van der Waals surface area contributed by atoms with Gasteiger partial charge in [0, 0.05) is 25.9 Å². The molecule has 152 valence electrons. The lowest BCUT2D eigenvalue weighted by molar-refractivity contribution is -0.160. The van der Waals surface area contributed by atoms with Crippen LogP contribution < -0.4 is 5.32 Å². The normalized spacial score (nSPS) is 21.7. The van der Waals surface area contributed by atoms with E-state index in [2.05, 4.69) is 29.6 Å². The van der Waals surface area contributed by atoms with E-state index in [0.29, 0.717) is 32.5 Å². The molecule has 2 amide bonds. The highest BCUT2D eigenvalue weighted by molar-refractivity contribution is 5.91. The second-order valence-electron chi connectivity index (χ2n) is 8.08. The summed E-state index contributed by atoms with van der Waals surface area (Å²) in [5, 5.41) is 5.79. The molecule has 0 bridgehead atoms. The Labute approximate surface area is 176 Å². The van der Waals surface area contributed by atoms with Crippen LogP contribution in [0.4, 0.5) is 0 Å². The predicted octanol–water partition coefficient (Wildman–Crippen LogP) is 2.94. The van der Waals surface area contributed by atoms with Gasteiger partial charge in [-0.3, -0.25) is 14.9 Å². The smallest absolute Gasteiger partial charge is 0.246 e. The maximum Gasteiger partial charge on any atom is 0.246 e. The van der Waals surface area contributed by atoms with Crippen molar-refractivity contribution in [3.05, 3.63) is 83.9 Å². The molecule has 0 spiro atoms. The highest BCUT2D eigenvalue weighted by Crippen LogP contribution is 2.26. The molecule has 5 rings (SSSR count). The Kier molecular flexibility index (Phi) is 4.97. The molecule has 2 fully saturated rings. The van der Waals surface area contributed by atoms with Crippen LogP contribution in [0, 0.1) is 0 Å². The number of carbonyl (C=O) groups excluding carboxylic acids is 2. The van der Waals surface area contributed by atoms with E-state index >= 15 is 0 Å². The molecule has 1 N–H and O–H groups in total. The number of benzene rings is 3. The van der Waals surface area contributed by atoms with Crippen molar-refractivity contribution in [3.8, 4) is 0 Å². The number of hydrogen-bond donors (Lipinski definition) is 1. The monoisotopic (exact) mass is 399 g/mol. The maximum absolute atomic E-state index is 13.6. The van der Waals surface area contributed by atoms with E-state index in [1.807, 2.05) is 53.4 Å². The summed E-state index contributed by atoms with van der Waals surface area (Å²) in [6, 6.07) is 24.0. The van der Waals surface area contributed by atoms with Gasteiger partial charge in [-0.25, -0.2) is 0 Å². The van der Waals surface area contributed by atoms with Crippen LogP contribution in [0.15, 0.2) is 72.8 Å². The summed E-state index contributed by atoms with van der Waals surface area (Å²) in [7, 11) is 0. The molecule has 2 aliphatic heterocycles. The van der Waals surface area contributed by atoms with Gasteiger partial charge in [0.15, 0.2) is 0 Å². The quantitative estimate of drug-likeness (QED) is 0.734. The number of hydrogen-bond acceptors (Lipinski definition) is 3. The van der Waals surface area contributed by atoms with E-state index in [1.165, 1.54) is 10.8 Å². The van der Waals surface area contributed by atoms with E-state index in [4.69, 9.17) is 0 Å². The number of amides is 2. The average Bonchev–Trinajstić information content (AvgIpc) is 2.77. The fraction of sp³-hybridized carbons (Fsp3) is 0.280. The predicted molar refractivity (Wildman–Crippen MR) is 117 cm³/mol. The summed E-state index contributed by atoms with van der Waals surface area (Å²) in [4.78, 5) is 30.0. The van der Waals surface area contributed by atoms with Gasteiger partial charge in [-0.1, -0.05) is 72.8 Å². The summed E-state index contributed by atoms with van der Waals surface area (Å²) in [6.07, 6.45) is 0.848. The second kappa shape index (κ2) is 7.92. The first-order valence-corrected chi connectivity index (χ1v) is 10.5. The topological polar surface area (TPSA) is 52.7 Å². The minimum absolute atomic E-state index is 0.0279. The molecule has 0 aliphatic carbocycles. The summed E-state index contributed by atoms with van der Waals surface area (Å²) in [5.74, 6) is 0.0953. The molecular formula is C25H25N3O2. The molecule has 30 heavy (non-hydrogen) atoms. The molecule has 0 saturated carbocycles. The molecule has 2 heterocycles.